The van der Waals surface area contributed by atoms with E-state index in [0.29, 0.717) is 17.5 Å². The molecule has 2 aromatic heterocycles. The van der Waals surface area contributed by atoms with E-state index in [0.717, 1.165) is 55.7 Å². The zero-order valence-corrected chi connectivity index (χ0v) is 15.2. The summed E-state index contributed by atoms with van der Waals surface area (Å²) in [6.45, 7) is 3.08. The lowest BCUT2D eigenvalue weighted by Crippen LogP contribution is -2.51. The Labute approximate surface area is 157 Å². The molecular formula is C21H22N4O2. The van der Waals surface area contributed by atoms with Gasteiger partial charge < -0.3 is 14.2 Å². The van der Waals surface area contributed by atoms with Crippen molar-refractivity contribution < 1.29 is 9.21 Å². The maximum atomic E-state index is 12.5. The van der Waals surface area contributed by atoms with E-state index in [1.807, 2.05) is 35.2 Å². The lowest BCUT2D eigenvalue weighted by atomic mass is 9.84. The molecule has 1 saturated heterocycles. The molecule has 1 amide bonds. The van der Waals surface area contributed by atoms with Crippen LogP contribution in [0.3, 0.4) is 0 Å². The summed E-state index contributed by atoms with van der Waals surface area (Å²) in [4.78, 5) is 26.3. The first-order valence-corrected chi connectivity index (χ1v) is 9.64. The molecular weight excluding hydrogens is 340 g/mol. The van der Waals surface area contributed by atoms with E-state index in [2.05, 4.69) is 16.0 Å². The van der Waals surface area contributed by atoms with Crippen molar-refractivity contribution in [2.24, 2.45) is 5.92 Å². The zero-order valence-electron chi connectivity index (χ0n) is 15.2. The quantitative estimate of drug-likeness (QED) is 0.715. The summed E-state index contributed by atoms with van der Waals surface area (Å²) >= 11 is 0. The van der Waals surface area contributed by atoms with Crippen molar-refractivity contribution in [2.45, 2.75) is 19.3 Å². The highest BCUT2D eigenvalue weighted by atomic mass is 16.3. The molecule has 2 fully saturated rings. The van der Waals surface area contributed by atoms with Gasteiger partial charge in [-0.25, -0.2) is 9.97 Å². The van der Waals surface area contributed by atoms with Crippen molar-refractivity contribution in [3.05, 3.63) is 42.7 Å². The zero-order chi connectivity index (χ0) is 18.2. The Hall–Kier alpha value is -2.89. The van der Waals surface area contributed by atoms with Gasteiger partial charge in [0.15, 0.2) is 11.6 Å². The van der Waals surface area contributed by atoms with Gasteiger partial charge in [0.1, 0.15) is 5.82 Å². The number of aromatic nitrogens is 2. The molecule has 5 rings (SSSR count). The number of anilines is 1. The molecule has 1 saturated carbocycles. The van der Waals surface area contributed by atoms with Crippen LogP contribution < -0.4 is 4.90 Å². The van der Waals surface area contributed by atoms with E-state index in [1.165, 1.54) is 6.42 Å². The predicted octanol–water partition coefficient (Wildman–Crippen LogP) is 3.34. The summed E-state index contributed by atoms with van der Waals surface area (Å²) in [7, 11) is 0. The fourth-order valence-electron chi connectivity index (χ4n) is 3.87. The molecule has 1 aliphatic heterocycles. The molecule has 3 aromatic rings. The smallest absolute Gasteiger partial charge is 0.225 e. The molecule has 3 heterocycles. The van der Waals surface area contributed by atoms with Gasteiger partial charge in [-0.1, -0.05) is 18.6 Å². The minimum absolute atomic E-state index is 0.266. The Morgan fingerprint density at radius 3 is 2.52 bits per heavy atom. The molecule has 1 aliphatic carbocycles. The normalized spacial score (nSPS) is 17.9. The number of amides is 1. The standard InChI is InChI=1S/C21H22N4O2/c26-21(15-5-3-6-15)25-12-10-24(11-13-25)20-16-7-1-2-8-17(16)22-19(23-20)18-9-4-14-27-18/h1-2,4,7-9,14-15H,3,5-6,10-13H2. The second-order valence-electron chi connectivity index (χ2n) is 7.31. The number of fused-ring (bicyclic) bond motifs is 1. The Morgan fingerprint density at radius 1 is 1.00 bits per heavy atom. The maximum Gasteiger partial charge on any atom is 0.225 e. The van der Waals surface area contributed by atoms with E-state index >= 15 is 0 Å². The van der Waals surface area contributed by atoms with E-state index in [4.69, 9.17) is 9.40 Å². The molecule has 2 aliphatic rings. The second kappa shape index (κ2) is 6.68. The predicted molar refractivity (Wildman–Crippen MR) is 103 cm³/mol. The van der Waals surface area contributed by atoms with Crippen LogP contribution in [0.1, 0.15) is 19.3 Å². The number of para-hydroxylation sites is 1. The lowest BCUT2D eigenvalue weighted by Gasteiger charge is -2.39. The highest BCUT2D eigenvalue weighted by molar-refractivity contribution is 5.91. The van der Waals surface area contributed by atoms with E-state index in [1.54, 1.807) is 6.26 Å². The van der Waals surface area contributed by atoms with Crippen LogP contribution in [-0.4, -0.2) is 47.0 Å². The van der Waals surface area contributed by atoms with Crippen molar-refractivity contribution in [2.75, 3.05) is 31.1 Å². The Morgan fingerprint density at radius 2 is 1.81 bits per heavy atom. The van der Waals surface area contributed by atoms with E-state index in [-0.39, 0.29) is 5.92 Å². The molecule has 27 heavy (non-hydrogen) atoms. The van der Waals surface area contributed by atoms with Gasteiger partial charge in [-0.3, -0.25) is 4.79 Å². The Bertz CT molecular complexity index is 957. The third kappa shape index (κ3) is 2.95. The number of hydrogen-bond acceptors (Lipinski definition) is 5. The van der Waals surface area contributed by atoms with Crippen LogP contribution in [0.2, 0.25) is 0 Å². The topological polar surface area (TPSA) is 62.5 Å². The second-order valence-corrected chi connectivity index (χ2v) is 7.31. The lowest BCUT2D eigenvalue weighted by molar-refractivity contribution is -0.138. The average Bonchev–Trinajstić information content (AvgIpc) is 3.21. The molecule has 0 N–H and O–H groups in total. The largest absolute Gasteiger partial charge is 0.461 e. The van der Waals surface area contributed by atoms with Gasteiger partial charge in [0.05, 0.1) is 11.8 Å². The number of hydrogen-bond donors (Lipinski definition) is 0. The average molecular weight is 362 g/mol. The van der Waals surface area contributed by atoms with Crippen LogP contribution in [0, 0.1) is 5.92 Å². The van der Waals surface area contributed by atoms with Crippen molar-refractivity contribution in [1.82, 2.24) is 14.9 Å². The van der Waals surface area contributed by atoms with Crippen LogP contribution in [0.4, 0.5) is 5.82 Å². The number of nitrogens with zero attached hydrogens (tertiary/aromatic N) is 4. The van der Waals surface area contributed by atoms with Crippen LogP contribution in [0.25, 0.3) is 22.5 Å². The number of carbonyl (C=O) groups excluding carboxylic acids is 1. The molecule has 6 nitrogen and oxygen atoms in total. The Kier molecular flexibility index (Phi) is 4.03. The monoisotopic (exact) mass is 362 g/mol. The molecule has 0 atom stereocenters. The fourth-order valence-corrected chi connectivity index (χ4v) is 3.87. The molecule has 0 spiro atoms. The van der Waals surface area contributed by atoms with Gasteiger partial charge in [-0.05, 0) is 37.1 Å². The molecule has 1 aromatic carbocycles. The first-order chi connectivity index (χ1) is 13.3. The van der Waals surface area contributed by atoms with E-state index < -0.39 is 0 Å². The number of rotatable bonds is 3. The van der Waals surface area contributed by atoms with Gasteiger partial charge in [0, 0.05) is 37.5 Å². The van der Waals surface area contributed by atoms with Crippen LogP contribution in [0.15, 0.2) is 47.1 Å². The van der Waals surface area contributed by atoms with Crippen molar-refractivity contribution >= 4 is 22.6 Å². The van der Waals surface area contributed by atoms with Crippen molar-refractivity contribution in [3.8, 4) is 11.6 Å². The summed E-state index contributed by atoms with van der Waals surface area (Å²) in [5.74, 6) is 2.79. The molecule has 0 unspecified atom stereocenters. The van der Waals surface area contributed by atoms with Gasteiger partial charge in [0.2, 0.25) is 5.91 Å². The van der Waals surface area contributed by atoms with Gasteiger partial charge in [0.25, 0.3) is 0 Å². The van der Waals surface area contributed by atoms with Crippen molar-refractivity contribution in [1.29, 1.82) is 0 Å². The van der Waals surface area contributed by atoms with Gasteiger partial charge in [-0.15, -0.1) is 0 Å². The summed E-state index contributed by atoms with van der Waals surface area (Å²) in [6.07, 6.45) is 4.95. The number of piperazine rings is 1. The molecule has 6 heteroatoms. The summed E-state index contributed by atoms with van der Waals surface area (Å²) in [5, 5.41) is 1.03. The summed E-state index contributed by atoms with van der Waals surface area (Å²) in [6, 6.07) is 11.8. The molecule has 0 radical (unpaired) electrons. The van der Waals surface area contributed by atoms with Gasteiger partial charge in [-0.2, -0.15) is 0 Å². The number of furan rings is 1. The Balaban J connectivity index is 1.43. The first-order valence-electron chi connectivity index (χ1n) is 9.64. The van der Waals surface area contributed by atoms with E-state index in [9.17, 15) is 4.79 Å². The fraction of sp³-hybridized carbons (Fsp3) is 0.381. The van der Waals surface area contributed by atoms with Crippen LogP contribution in [-0.2, 0) is 4.79 Å². The summed E-state index contributed by atoms with van der Waals surface area (Å²) < 4.78 is 5.51. The highest BCUT2D eigenvalue weighted by Crippen LogP contribution is 2.31. The molecule has 138 valence electrons. The van der Waals surface area contributed by atoms with Gasteiger partial charge >= 0.3 is 0 Å². The minimum Gasteiger partial charge on any atom is -0.461 e. The highest BCUT2D eigenvalue weighted by Gasteiger charge is 2.31. The SMILES string of the molecule is O=C(C1CCC1)N1CCN(c2nc(-c3ccco3)nc3ccccc23)CC1. The number of benzene rings is 1. The first kappa shape index (κ1) is 16.3. The maximum absolute atomic E-state index is 12.5. The number of carbonyl (C=O) groups is 1. The van der Waals surface area contributed by atoms with Crippen LogP contribution in [0.5, 0.6) is 0 Å². The van der Waals surface area contributed by atoms with Crippen LogP contribution >= 0.6 is 0 Å². The third-order valence-corrected chi connectivity index (χ3v) is 5.67. The third-order valence-electron chi connectivity index (χ3n) is 5.67. The van der Waals surface area contributed by atoms with Crippen molar-refractivity contribution in [3.63, 3.8) is 0 Å². The summed E-state index contributed by atoms with van der Waals surface area (Å²) in [5.41, 5.74) is 0.905. The molecule has 0 bridgehead atoms. The minimum atomic E-state index is 0.266.